The highest BCUT2D eigenvalue weighted by atomic mass is 19.1. The fourth-order valence-corrected chi connectivity index (χ4v) is 2.49. The topological polar surface area (TPSA) is 58.6 Å². The van der Waals surface area contributed by atoms with Gasteiger partial charge in [-0.15, -0.1) is 0 Å². The van der Waals surface area contributed by atoms with Gasteiger partial charge in [-0.2, -0.15) is 0 Å². The normalized spacial score (nSPS) is 10.3. The molecule has 138 valence electrons. The number of halogens is 2. The standard InChI is InChI=1S/C19H20F2N2O3/c1-13(24)23(17-8-7-15(20)11-16(17)21)10-9-19(25)22-12-14-5-3-4-6-18(14)26-2/h3-8,11H,9-10,12H2,1-2H3,(H,22,25). The molecule has 5 nitrogen and oxygen atoms in total. The lowest BCUT2D eigenvalue weighted by Crippen LogP contribution is -2.34. The van der Waals surface area contributed by atoms with Gasteiger partial charge in [-0.05, 0) is 18.2 Å². The van der Waals surface area contributed by atoms with Crippen LogP contribution in [0.5, 0.6) is 5.75 Å². The van der Waals surface area contributed by atoms with Crippen LogP contribution >= 0.6 is 0 Å². The number of ether oxygens (including phenoxy) is 1. The minimum atomic E-state index is -0.852. The molecule has 0 aliphatic rings. The monoisotopic (exact) mass is 362 g/mol. The van der Waals surface area contributed by atoms with Crippen LogP contribution in [0.1, 0.15) is 18.9 Å². The summed E-state index contributed by atoms with van der Waals surface area (Å²) in [6.07, 6.45) is -0.0223. The van der Waals surface area contributed by atoms with Crippen LogP contribution in [0.2, 0.25) is 0 Å². The minimum Gasteiger partial charge on any atom is -0.496 e. The van der Waals surface area contributed by atoms with Gasteiger partial charge in [-0.1, -0.05) is 18.2 Å². The van der Waals surface area contributed by atoms with E-state index in [2.05, 4.69) is 5.32 Å². The molecule has 0 atom stereocenters. The summed E-state index contributed by atoms with van der Waals surface area (Å²) < 4.78 is 32.1. The molecule has 0 heterocycles. The second kappa shape index (κ2) is 8.94. The molecular formula is C19H20F2N2O3. The first-order valence-electron chi connectivity index (χ1n) is 8.04. The summed E-state index contributed by atoms with van der Waals surface area (Å²) in [5, 5.41) is 2.73. The molecule has 2 aromatic rings. The fraction of sp³-hybridized carbons (Fsp3) is 0.263. The van der Waals surface area contributed by atoms with Crippen molar-refractivity contribution in [3.05, 3.63) is 59.7 Å². The van der Waals surface area contributed by atoms with E-state index in [1.165, 1.54) is 13.0 Å². The van der Waals surface area contributed by atoms with Crippen LogP contribution in [0.25, 0.3) is 0 Å². The van der Waals surface area contributed by atoms with Gasteiger partial charge in [-0.3, -0.25) is 9.59 Å². The second-order valence-corrected chi connectivity index (χ2v) is 5.60. The molecule has 2 aromatic carbocycles. The number of hydrogen-bond donors (Lipinski definition) is 1. The zero-order valence-electron chi connectivity index (χ0n) is 14.6. The Kier molecular flexibility index (Phi) is 6.66. The van der Waals surface area contributed by atoms with Gasteiger partial charge in [0, 0.05) is 38.1 Å². The smallest absolute Gasteiger partial charge is 0.223 e. The summed E-state index contributed by atoms with van der Waals surface area (Å²) in [7, 11) is 1.54. The molecule has 0 aliphatic heterocycles. The highest BCUT2D eigenvalue weighted by Gasteiger charge is 2.17. The average molecular weight is 362 g/mol. The lowest BCUT2D eigenvalue weighted by molar-refractivity contribution is -0.121. The van der Waals surface area contributed by atoms with Gasteiger partial charge >= 0.3 is 0 Å². The quantitative estimate of drug-likeness (QED) is 0.824. The SMILES string of the molecule is COc1ccccc1CNC(=O)CCN(C(C)=O)c1ccc(F)cc1F. The molecule has 0 radical (unpaired) electrons. The van der Waals surface area contributed by atoms with Crippen LogP contribution in [0.4, 0.5) is 14.5 Å². The van der Waals surface area contributed by atoms with Crippen molar-refractivity contribution < 1.29 is 23.1 Å². The van der Waals surface area contributed by atoms with Crippen LogP contribution in [0.15, 0.2) is 42.5 Å². The molecule has 7 heteroatoms. The summed E-state index contributed by atoms with van der Waals surface area (Å²) >= 11 is 0. The number of rotatable bonds is 7. The number of amides is 2. The van der Waals surface area contributed by atoms with Gasteiger partial charge in [0.15, 0.2) is 0 Å². The minimum absolute atomic E-state index is 0.0182. The summed E-state index contributed by atoms with van der Waals surface area (Å²) in [6, 6.07) is 10.2. The first kappa shape index (κ1) is 19.4. The van der Waals surface area contributed by atoms with E-state index in [0.29, 0.717) is 11.8 Å². The van der Waals surface area contributed by atoms with Crippen molar-refractivity contribution in [3.8, 4) is 5.75 Å². The number of carbonyl (C=O) groups is 2. The number of para-hydroxylation sites is 1. The third-order valence-electron chi connectivity index (χ3n) is 3.81. The number of benzene rings is 2. The van der Waals surface area contributed by atoms with Crippen molar-refractivity contribution in [3.63, 3.8) is 0 Å². The zero-order chi connectivity index (χ0) is 19.1. The van der Waals surface area contributed by atoms with E-state index < -0.39 is 17.5 Å². The Morgan fingerprint density at radius 1 is 1.15 bits per heavy atom. The number of nitrogens with one attached hydrogen (secondary N) is 1. The second-order valence-electron chi connectivity index (χ2n) is 5.60. The first-order valence-corrected chi connectivity index (χ1v) is 8.04. The van der Waals surface area contributed by atoms with E-state index in [9.17, 15) is 18.4 Å². The number of methoxy groups -OCH3 is 1. The summed E-state index contributed by atoms with van der Waals surface area (Å²) in [4.78, 5) is 25.0. The Balaban J connectivity index is 1.96. The van der Waals surface area contributed by atoms with Crippen molar-refractivity contribution in [1.82, 2.24) is 5.32 Å². The van der Waals surface area contributed by atoms with Crippen molar-refractivity contribution in [1.29, 1.82) is 0 Å². The maximum Gasteiger partial charge on any atom is 0.223 e. The van der Waals surface area contributed by atoms with E-state index in [-0.39, 0.29) is 31.1 Å². The molecule has 26 heavy (non-hydrogen) atoms. The molecule has 0 unspecified atom stereocenters. The lowest BCUT2D eigenvalue weighted by atomic mass is 10.2. The molecule has 0 bridgehead atoms. The van der Waals surface area contributed by atoms with Gasteiger partial charge in [0.05, 0.1) is 12.8 Å². The van der Waals surface area contributed by atoms with E-state index in [4.69, 9.17) is 4.74 Å². The highest BCUT2D eigenvalue weighted by molar-refractivity contribution is 5.92. The third kappa shape index (κ3) is 5.02. The van der Waals surface area contributed by atoms with Crippen LogP contribution in [0, 0.1) is 11.6 Å². The van der Waals surface area contributed by atoms with Crippen LogP contribution < -0.4 is 15.0 Å². The van der Waals surface area contributed by atoms with E-state index in [1.54, 1.807) is 13.2 Å². The average Bonchev–Trinajstić information content (AvgIpc) is 2.61. The molecule has 0 aliphatic carbocycles. The summed E-state index contributed by atoms with van der Waals surface area (Å²) in [5.41, 5.74) is 0.757. The number of hydrogen-bond acceptors (Lipinski definition) is 3. The molecule has 2 rings (SSSR count). The molecule has 0 spiro atoms. The van der Waals surface area contributed by atoms with E-state index in [0.717, 1.165) is 16.5 Å². The van der Waals surface area contributed by atoms with Gasteiger partial charge < -0.3 is 15.0 Å². The molecule has 0 saturated heterocycles. The van der Waals surface area contributed by atoms with Crippen LogP contribution in [0.3, 0.4) is 0 Å². The zero-order valence-corrected chi connectivity index (χ0v) is 14.6. The lowest BCUT2D eigenvalue weighted by Gasteiger charge is -2.21. The van der Waals surface area contributed by atoms with Gasteiger partial charge in [-0.25, -0.2) is 8.78 Å². The van der Waals surface area contributed by atoms with Crippen molar-refractivity contribution in [2.75, 3.05) is 18.6 Å². The first-order chi connectivity index (χ1) is 12.4. The van der Waals surface area contributed by atoms with Crippen molar-refractivity contribution in [2.24, 2.45) is 0 Å². The predicted octanol–water partition coefficient (Wildman–Crippen LogP) is 3.03. The number of carbonyl (C=O) groups excluding carboxylic acids is 2. The Labute approximate surface area is 150 Å². The predicted molar refractivity (Wildman–Crippen MR) is 93.8 cm³/mol. The highest BCUT2D eigenvalue weighted by Crippen LogP contribution is 2.21. The maximum atomic E-state index is 13.9. The number of anilines is 1. The van der Waals surface area contributed by atoms with Crippen LogP contribution in [-0.4, -0.2) is 25.5 Å². The van der Waals surface area contributed by atoms with Gasteiger partial charge in [0.2, 0.25) is 11.8 Å². The largest absolute Gasteiger partial charge is 0.496 e. The molecule has 2 amide bonds. The maximum absolute atomic E-state index is 13.9. The summed E-state index contributed by atoms with van der Waals surface area (Å²) in [6.45, 7) is 1.51. The Morgan fingerprint density at radius 2 is 1.88 bits per heavy atom. The van der Waals surface area contributed by atoms with Gasteiger partial charge in [0.25, 0.3) is 0 Å². The van der Waals surface area contributed by atoms with E-state index >= 15 is 0 Å². The Bertz CT molecular complexity index is 796. The van der Waals surface area contributed by atoms with Crippen LogP contribution in [-0.2, 0) is 16.1 Å². The Hall–Kier alpha value is -2.96. The summed E-state index contributed by atoms with van der Waals surface area (Å²) in [5.74, 6) is -1.66. The van der Waals surface area contributed by atoms with Crippen molar-refractivity contribution in [2.45, 2.75) is 19.9 Å². The van der Waals surface area contributed by atoms with Gasteiger partial charge in [0.1, 0.15) is 17.4 Å². The van der Waals surface area contributed by atoms with E-state index in [1.807, 2.05) is 18.2 Å². The third-order valence-corrected chi connectivity index (χ3v) is 3.81. The van der Waals surface area contributed by atoms with Crippen molar-refractivity contribution >= 4 is 17.5 Å². The molecule has 0 aromatic heterocycles. The molecular weight excluding hydrogens is 342 g/mol. The number of nitrogens with zero attached hydrogens (tertiary/aromatic N) is 1. The Morgan fingerprint density at radius 3 is 2.54 bits per heavy atom. The molecule has 0 fully saturated rings. The molecule has 0 saturated carbocycles. The fourth-order valence-electron chi connectivity index (χ4n) is 2.49. The molecule has 1 N–H and O–H groups in total.